The van der Waals surface area contributed by atoms with E-state index < -0.39 is 15.8 Å². The van der Waals surface area contributed by atoms with Gasteiger partial charge >= 0.3 is 5.97 Å². The molecule has 2 N–H and O–H groups in total. The fraction of sp³-hybridized carbons (Fsp3) is 0.348. The van der Waals surface area contributed by atoms with Crippen LogP contribution in [-0.2, 0) is 16.9 Å². The molecule has 0 atom stereocenters. The summed E-state index contributed by atoms with van der Waals surface area (Å²) in [4.78, 5) is 11.4. The lowest BCUT2D eigenvalue weighted by Crippen LogP contribution is -2.22. The zero-order chi connectivity index (χ0) is 22.5. The van der Waals surface area contributed by atoms with Crippen LogP contribution in [0.4, 0.5) is 0 Å². The SMILES string of the molecule is Cc1cc2c(cc(C(=O)O)n2C)c(C)c1Oc1ccc(O)c(S(=O)(=O)CC2CCC2)c1. The van der Waals surface area contributed by atoms with Gasteiger partial charge < -0.3 is 19.5 Å². The van der Waals surface area contributed by atoms with E-state index in [2.05, 4.69) is 0 Å². The first kappa shape index (κ1) is 21.2. The number of benzene rings is 2. The fourth-order valence-electron chi connectivity index (χ4n) is 4.13. The van der Waals surface area contributed by atoms with Crippen molar-refractivity contribution in [1.29, 1.82) is 0 Å². The van der Waals surface area contributed by atoms with Crippen LogP contribution in [0.1, 0.15) is 40.9 Å². The molecular weight excluding hydrogens is 418 g/mol. The third kappa shape index (κ3) is 3.76. The molecule has 4 rings (SSSR count). The Hall–Kier alpha value is -3.00. The molecule has 0 radical (unpaired) electrons. The molecule has 1 saturated carbocycles. The van der Waals surface area contributed by atoms with Gasteiger partial charge in [0.15, 0.2) is 9.84 Å². The molecule has 7 nitrogen and oxygen atoms in total. The number of fused-ring (bicyclic) bond motifs is 1. The largest absolute Gasteiger partial charge is 0.507 e. The molecule has 2 aromatic carbocycles. The molecule has 1 aromatic heterocycles. The minimum Gasteiger partial charge on any atom is -0.507 e. The predicted molar refractivity (Wildman–Crippen MR) is 117 cm³/mol. The summed E-state index contributed by atoms with van der Waals surface area (Å²) < 4.78 is 33.3. The van der Waals surface area contributed by atoms with Crippen molar-refractivity contribution in [2.45, 2.75) is 38.0 Å². The standard InChI is InChI=1S/C23H25NO6S/c1-13-9-18-17(11-19(23(26)27)24(18)3)14(2)22(13)30-16-7-8-20(25)21(10-16)31(28,29)12-15-5-4-6-15/h7-11,15,25H,4-6,12H2,1-3H3,(H,26,27). The summed E-state index contributed by atoms with van der Waals surface area (Å²) in [5, 5.41) is 20.3. The Labute approximate surface area is 180 Å². The maximum Gasteiger partial charge on any atom is 0.352 e. The number of ether oxygens (including phenoxy) is 1. The molecule has 1 fully saturated rings. The molecule has 164 valence electrons. The van der Waals surface area contributed by atoms with Crippen LogP contribution in [0, 0.1) is 19.8 Å². The quantitative estimate of drug-likeness (QED) is 0.578. The van der Waals surface area contributed by atoms with Crippen molar-refractivity contribution >= 4 is 26.7 Å². The third-order valence-corrected chi connectivity index (χ3v) is 8.03. The molecule has 8 heteroatoms. The summed E-state index contributed by atoms with van der Waals surface area (Å²) in [6.45, 7) is 3.69. The van der Waals surface area contributed by atoms with Gasteiger partial charge in [-0.25, -0.2) is 13.2 Å². The van der Waals surface area contributed by atoms with Crippen LogP contribution in [0.2, 0.25) is 0 Å². The Morgan fingerprint density at radius 3 is 2.52 bits per heavy atom. The van der Waals surface area contributed by atoms with Crippen LogP contribution in [0.3, 0.4) is 0 Å². The molecule has 0 spiro atoms. The number of carbonyl (C=O) groups is 1. The first-order valence-corrected chi connectivity index (χ1v) is 11.8. The number of hydrogen-bond acceptors (Lipinski definition) is 5. The van der Waals surface area contributed by atoms with E-state index in [9.17, 15) is 23.4 Å². The summed E-state index contributed by atoms with van der Waals surface area (Å²) in [5.74, 6) is -0.311. The van der Waals surface area contributed by atoms with Crippen LogP contribution >= 0.6 is 0 Å². The Morgan fingerprint density at radius 1 is 1.19 bits per heavy atom. The number of aromatic hydroxyl groups is 1. The number of rotatable bonds is 6. The number of phenols is 1. The zero-order valence-corrected chi connectivity index (χ0v) is 18.5. The lowest BCUT2D eigenvalue weighted by Gasteiger charge is -2.25. The second-order valence-electron chi connectivity index (χ2n) is 8.28. The molecule has 1 aliphatic rings. The van der Waals surface area contributed by atoms with Crippen molar-refractivity contribution in [3.8, 4) is 17.2 Å². The highest BCUT2D eigenvalue weighted by Crippen LogP contribution is 2.38. The minimum atomic E-state index is -3.63. The Bertz CT molecular complexity index is 1300. The molecule has 0 unspecified atom stereocenters. The van der Waals surface area contributed by atoms with Crippen LogP contribution < -0.4 is 4.74 Å². The lowest BCUT2D eigenvalue weighted by atomic mass is 9.87. The monoisotopic (exact) mass is 443 g/mol. The van der Waals surface area contributed by atoms with Gasteiger partial charge in [-0.2, -0.15) is 0 Å². The highest BCUT2D eigenvalue weighted by molar-refractivity contribution is 7.91. The average molecular weight is 444 g/mol. The maximum atomic E-state index is 12.8. The van der Waals surface area contributed by atoms with Crippen molar-refractivity contribution in [3.63, 3.8) is 0 Å². The van der Waals surface area contributed by atoms with E-state index in [1.165, 1.54) is 18.2 Å². The molecular formula is C23H25NO6S. The number of phenolic OH excluding ortho intramolecular Hbond substituents is 1. The molecule has 3 aromatic rings. The van der Waals surface area contributed by atoms with Crippen LogP contribution in [-0.4, -0.2) is 34.9 Å². The summed E-state index contributed by atoms with van der Waals surface area (Å²) in [6.07, 6.45) is 2.83. The smallest absolute Gasteiger partial charge is 0.352 e. The fourth-order valence-corrected chi connectivity index (χ4v) is 5.94. The van der Waals surface area contributed by atoms with Crippen molar-refractivity contribution in [2.75, 3.05) is 5.75 Å². The van der Waals surface area contributed by atoms with E-state index in [1.54, 1.807) is 17.7 Å². The van der Waals surface area contributed by atoms with Crippen LogP contribution in [0.5, 0.6) is 17.2 Å². The van der Waals surface area contributed by atoms with Crippen LogP contribution in [0.25, 0.3) is 10.9 Å². The highest BCUT2D eigenvalue weighted by atomic mass is 32.2. The van der Waals surface area contributed by atoms with E-state index in [0.29, 0.717) is 11.5 Å². The van der Waals surface area contributed by atoms with Crippen molar-refractivity contribution in [3.05, 3.63) is 47.2 Å². The van der Waals surface area contributed by atoms with Crippen molar-refractivity contribution < 1.29 is 28.2 Å². The lowest BCUT2D eigenvalue weighted by molar-refractivity contribution is 0.0687. The summed E-state index contributed by atoms with van der Waals surface area (Å²) in [5.41, 5.74) is 2.48. The van der Waals surface area contributed by atoms with E-state index in [4.69, 9.17) is 4.74 Å². The molecule has 0 bridgehead atoms. The Balaban J connectivity index is 1.73. The molecule has 0 aliphatic heterocycles. The van der Waals surface area contributed by atoms with Gasteiger partial charge in [0.1, 0.15) is 27.8 Å². The second kappa shape index (κ2) is 7.60. The van der Waals surface area contributed by atoms with Gasteiger partial charge in [-0.05, 0) is 62.4 Å². The number of carboxylic acid groups (broad SMARTS) is 1. The van der Waals surface area contributed by atoms with E-state index in [0.717, 1.165) is 41.3 Å². The van der Waals surface area contributed by atoms with E-state index in [-0.39, 0.29) is 28.0 Å². The van der Waals surface area contributed by atoms with Gasteiger partial charge in [-0.15, -0.1) is 0 Å². The van der Waals surface area contributed by atoms with Crippen molar-refractivity contribution in [2.24, 2.45) is 13.0 Å². The average Bonchev–Trinajstić information content (AvgIpc) is 3.00. The summed E-state index contributed by atoms with van der Waals surface area (Å²) in [7, 11) is -1.93. The first-order valence-electron chi connectivity index (χ1n) is 10.1. The molecule has 1 heterocycles. The van der Waals surface area contributed by atoms with Crippen LogP contribution in [0.15, 0.2) is 35.2 Å². The molecule has 31 heavy (non-hydrogen) atoms. The molecule has 0 saturated heterocycles. The topological polar surface area (TPSA) is 106 Å². The summed E-state index contributed by atoms with van der Waals surface area (Å²) >= 11 is 0. The number of hydrogen-bond donors (Lipinski definition) is 2. The van der Waals surface area contributed by atoms with Gasteiger partial charge in [0.25, 0.3) is 0 Å². The third-order valence-electron chi connectivity index (χ3n) is 6.12. The van der Waals surface area contributed by atoms with Gasteiger partial charge in [0.2, 0.25) is 0 Å². The Morgan fingerprint density at radius 2 is 1.90 bits per heavy atom. The van der Waals surface area contributed by atoms with Crippen molar-refractivity contribution in [1.82, 2.24) is 4.57 Å². The summed E-state index contributed by atoms with van der Waals surface area (Å²) in [6, 6.07) is 7.66. The van der Waals surface area contributed by atoms with Gasteiger partial charge in [0, 0.05) is 29.6 Å². The van der Waals surface area contributed by atoms with Gasteiger partial charge in [-0.3, -0.25) is 0 Å². The zero-order valence-electron chi connectivity index (χ0n) is 17.7. The number of nitrogens with zero attached hydrogens (tertiary/aromatic N) is 1. The Kier molecular flexibility index (Phi) is 5.21. The number of aromatic carboxylic acids is 1. The number of sulfone groups is 1. The number of aryl methyl sites for hydroxylation is 3. The normalized spacial score (nSPS) is 14.5. The van der Waals surface area contributed by atoms with E-state index in [1.807, 2.05) is 19.9 Å². The minimum absolute atomic E-state index is 0.0238. The van der Waals surface area contributed by atoms with Gasteiger partial charge in [-0.1, -0.05) is 6.42 Å². The highest BCUT2D eigenvalue weighted by Gasteiger charge is 2.28. The molecule has 0 amide bonds. The molecule has 1 aliphatic carbocycles. The first-order chi connectivity index (χ1) is 14.6. The second-order valence-corrected chi connectivity index (χ2v) is 10.3. The predicted octanol–water partition coefficient (Wildman–Crippen LogP) is 4.57. The maximum absolute atomic E-state index is 12.8. The number of aromatic nitrogens is 1. The number of carboxylic acids is 1. The van der Waals surface area contributed by atoms with E-state index >= 15 is 0 Å². The van der Waals surface area contributed by atoms with Gasteiger partial charge in [0.05, 0.1) is 5.75 Å².